The number of hydrogen-bond acceptors (Lipinski definition) is 3. The molecule has 16 heavy (non-hydrogen) atoms. The van der Waals surface area contributed by atoms with Crippen LogP contribution in [0.5, 0.6) is 5.75 Å². The van der Waals surface area contributed by atoms with Gasteiger partial charge in [-0.05, 0) is 31.0 Å². The van der Waals surface area contributed by atoms with Crippen LogP contribution in [0.4, 0.5) is 5.69 Å². The first kappa shape index (κ1) is 10.8. The number of nitriles is 1. The number of hydrogen-bond donors (Lipinski definition) is 1. The lowest BCUT2D eigenvalue weighted by Crippen LogP contribution is -2.23. The van der Waals surface area contributed by atoms with Crippen LogP contribution in [0.1, 0.15) is 31.2 Å². The van der Waals surface area contributed by atoms with Gasteiger partial charge in [0, 0.05) is 13.1 Å². The van der Waals surface area contributed by atoms with E-state index >= 15 is 0 Å². The van der Waals surface area contributed by atoms with Crippen molar-refractivity contribution in [3.63, 3.8) is 0 Å². The Morgan fingerprint density at radius 2 is 1.81 bits per heavy atom. The summed E-state index contributed by atoms with van der Waals surface area (Å²) in [6.45, 7) is 2.00. The van der Waals surface area contributed by atoms with Gasteiger partial charge < -0.3 is 10.0 Å². The second-order valence-electron chi connectivity index (χ2n) is 4.22. The van der Waals surface area contributed by atoms with Crippen LogP contribution in [0.25, 0.3) is 0 Å². The van der Waals surface area contributed by atoms with Gasteiger partial charge in [0.2, 0.25) is 0 Å². The number of nitrogens with zero attached hydrogens (tertiary/aromatic N) is 2. The highest BCUT2D eigenvalue weighted by atomic mass is 16.3. The van der Waals surface area contributed by atoms with Crippen molar-refractivity contribution in [1.29, 1.82) is 5.26 Å². The van der Waals surface area contributed by atoms with E-state index in [4.69, 9.17) is 5.26 Å². The lowest BCUT2D eigenvalue weighted by molar-refractivity contribution is 0.473. The van der Waals surface area contributed by atoms with Crippen molar-refractivity contribution in [2.45, 2.75) is 25.7 Å². The third kappa shape index (κ3) is 2.27. The Morgan fingerprint density at radius 3 is 2.38 bits per heavy atom. The van der Waals surface area contributed by atoms with E-state index in [1.54, 1.807) is 12.1 Å². The van der Waals surface area contributed by atoms with E-state index in [1.807, 2.05) is 12.1 Å². The van der Waals surface area contributed by atoms with Crippen LogP contribution >= 0.6 is 0 Å². The number of rotatable bonds is 1. The number of benzene rings is 1. The SMILES string of the molecule is N#Cc1ccc(N2CCCCCC2)c(O)c1. The zero-order valence-electron chi connectivity index (χ0n) is 9.32. The Bertz CT molecular complexity index is 401. The highest BCUT2D eigenvalue weighted by molar-refractivity contribution is 5.60. The molecule has 1 saturated heterocycles. The molecule has 0 spiro atoms. The molecule has 1 aromatic rings. The monoisotopic (exact) mass is 216 g/mol. The molecule has 0 aromatic heterocycles. The van der Waals surface area contributed by atoms with E-state index in [0.29, 0.717) is 5.56 Å². The minimum atomic E-state index is 0.223. The average molecular weight is 216 g/mol. The van der Waals surface area contributed by atoms with Crippen LogP contribution in [0.15, 0.2) is 18.2 Å². The quantitative estimate of drug-likeness (QED) is 0.785. The predicted molar refractivity (Wildman–Crippen MR) is 63.5 cm³/mol. The minimum Gasteiger partial charge on any atom is -0.506 e. The molecule has 0 aliphatic carbocycles. The average Bonchev–Trinajstić information content (AvgIpc) is 2.57. The topological polar surface area (TPSA) is 47.3 Å². The normalized spacial score (nSPS) is 16.6. The first-order valence-electron chi connectivity index (χ1n) is 5.79. The maximum Gasteiger partial charge on any atom is 0.140 e. The van der Waals surface area contributed by atoms with E-state index < -0.39 is 0 Å². The van der Waals surface area contributed by atoms with Gasteiger partial charge in [0.05, 0.1) is 17.3 Å². The van der Waals surface area contributed by atoms with Gasteiger partial charge in [-0.25, -0.2) is 0 Å². The fraction of sp³-hybridized carbons (Fsp3) is 0.462. The van der Waals surface area contributed by atoms with E-state index in [0.717, 1.165) is 18.8 Å². The van der Waals surface area contributed by atoms with Crippen LogP contribution in [0.3, 0.4) is 0 Å². The standard InChI is InChI=1S/C13H16N2O/c14-10-11-5-6-12(13(16)9-11)15-7-3-1-2-4-8-15/h5-6,9,16H,1-4,7-8H2. The summed E-state index contributed by atoms with van der Waals surface area (Å²) in [6, 6.07) is 7.18. The van der Waals surface area contributed by atoms with Crippen LogP contribution in [-0.2, 0) is 0 Å². The largest absolute Gasteiger partial charge is 0.506 e. The Balaban J connectivity index is 2.22. The van der Waals surface area contributed by atoms with Crippen LogP contribution < -0.4 is 4.90 Å². The maximum atomic E-state index is 9.87. The summed E-state index contributed by atoms with van der Waals surface area (Å²) in [5.74, 6) is 0.223. The highest BCUT2D eigenvalue weighted by Crippen LogP contribution is 2.29. The van der Waals surface area contributed by atoms with Crippen molar-refractivity contribution in [3.8, 4) is 11.8 Å². The van der Waals surface area contributed by atoms with Crippen molar-refractivity contribution in [1.82, 2.24) is 0 Å². The molecule has 84 valence electrons. The van der Waals surface area contributed by atoms with Gasteiger partial charge in [0.1, 0.15) is 5.75 Å². The summed E-state index contributed by atoms with van der Waals surface area (Å²) in [4.78, 5) is 2.21. The number of aromatic hydroxyl groups is 1. The first-order chi connectivity index (χ1) is 7.81. The maximum absolute atomic E-state index is 9.87. The molecule has 2 rings (SSSR count). The Labute approximate surface area is 95.9 Å². The predicted octanol–water partition coefficient (Wildman–Crippen LogP) is 2.64. The third-order valence-electron chi connectivity index (χ3n) is 3.05. The molecule has 0 radical (unpaired) electrons. The summed E-state index contributed by atoms with van der Waals surface area (Å²) in [5.41, 5.74) is 1.37. The van der Waals surface area contributed by atoms with Gasteiger partial charge in [-0.1, -0.05) is 12.8 Å². The van der Waals surface area contributed by atoms with Gasteiger partial charge >= 0.3 is 0 Å². The van der Waals surface area contributed by atoms with Crippen molar-refractivity contribution in [3.05, 3.63) is 23.8 Å². The molecule has 1 heterocycles. The molecular formula is C13H16N2O. The second kappa shape index (κ2) is 4.89. The van der Waals surface area contributed by atoms with Crippen molar-refractivity contribution in [2.24, 2.45) is 0 Å². The summed E-state index contributed by atoms with van der Waals surface area (Å²) in [6.07, 6.45) is 4.90. The summed E-state index contributed by atoms with van der Waals surface area (Å²) in [5, 5.41) is 18.6. The Hall–Kier alpha value is -1.69. The van der Waals surface area contributed by atoms with Crippen molar-refractivity contribution >= 4 is 5.69 Å². The Kier molecular flexibility index (Phi) is 3.31. The van der Waals surface area contributed by atoms with E-state index in [1.165, 1.54) is 25.7 Å². The van der Waals surface area contributed by atoms with Crippen LogP contribution in [0.2, 0.25) is 0 Å². The number of phenols is 1. The molecule has 3 heteroatoms. The first-order valence-corrected chi connectivity index (χ1v) is 5.79. The fourth-order valence-electron chi connectivity index (χ4n) is 2.17. The fourth-order valence-corrected chi connectivity index (χ4v) is 2.17. The molecule has 1 aromatic carbocycles. The molecular weight excluding hydrogens is 200 g/mol. The zero-order valence-corrected chi connectivity index (χ0v) is 9.32. The molecule has 1 aliphatic heterocycles. The lowest BCUT2D eigenvalue weighted by atomic mass is 10.2. The van der Waals surface area contributed by atoms with Crippen LogP contribution in [0, 0.1) is 11.3 Å². The molecule has 3 nitrogen and oxygen atoms in total. The Morgan fingerprint density at radius 1 is 1.12 bits per heavy atom. The molecule has 0 atom stereocenters. The van der Waals surface area contributed by atoms with Crippen molar-refractivity contribution in [2.75, 3.05) is 18.0 Å². The summed E-state index contributed by atoms with van der Waals surface area (Å²) < 4.78 is 0. The molecule has 0 unspecified atom stereocenters. The van der Waals surface area contributed by atoms with E-state index in [2.05, 4.69) is 4.90 Å². The molecule has 0 bridgehead atoms. The van der Waals surface area contributed by atoms with Crippen molar-refractivity contribution < 1.29 is 5.11 Å². The van der Waals surface area contributed by atoms with E-state index in [9.17, 15) is 5.11 Å². The molecule has 0 amide bonds. The molecule has 0 saturated carbocycles. The number of phenolic OH excluding ortho intramolecular Hbond substituents is 1. The van der Waals surface area contributed by atoms with Gasteiger partial charge in [0.25, 0.3) is 0 Å². The lowest BCUT2D eigenvalue weighted by Gasteiger charge is -2.23. The zero-order chi connectivity index (χ0) is 11.4. The minimum absolute atomic E-state index is 0.223. The van der Waals surface area contributed by atoms with Gasteiger partial charge in [-0.2, -0.15) is 5.26 Å². The third-order valence-corrected chi connectivity index (χ3v) is 3.05. The van der Waals surface area contributed by atoms with Gasteiger partial charge in [-0.3, -0.25) is 0 Å². The van der Waals surface area contributed by atoms with Crippen LogP contribution in [-0.4, -0.2) is 18.2 Å². The highest BCUT2D eigenvalue weighted by Gasteiger charge is 2.13. The summed E-state index contributed by atoms with van der Waals surface area (Å²) >= 11 is 0. The second-order valence-corrected chi connectivity index (χ2v) is 4.22. The molecule has 1 aliphatic rings. The number of anilines is 1. The van der Waals surface area contributed by atoms with Gasteiger partial charge in [0.15, 0.2) is 0 Å². The molecule has 1 N–H and O–H groups in total. The summed E-state index contributed by atoms with van der Waals surface area (Å²) in [7, 11) is 0. The van der Waals surface area contributed by atoms with Gasteiger partial charge in [-0.15, -0.1) is 0 Å². The molecule has 1 fully saturated rings. The smallest absolute Gasteiger partial charge is 0.140 e. The van der Waals surface area contributed by atoms with E-state index in [-0.39, 0.29) is 5.75 Å².